The molecular weight excluding hydrogens is 335 g/mol. The summed E-state index contributed by atoms with van der Waals surface area (Å²) in [4.78, 5) is 11.5. The summed E-state index contributed by atoms with van der Waals surface area (Å²) in [7, 11) is 0. The molecule has 2 rings (SSSR count). The highest BCUT2D eigenvalue weighted by atomic mass is 79.9. The number of hydrogen-bond donors (Lipinski definition) is 0. The minimum absolute atomic E-state index is 0.262. The molecule has 0 aliphatic heterocycles. The van der Waals surface area contributed by atoms with Crippen LogP contribution in [0.5, 0.6) is 0 Å². The molecule has 0 unspecified atom stereocenters. The first-order valence-electron chi connectivity index (χ1n) is 6.10. The van der Waals surface area contributed by atoms with Gasteiger partial charge in [0, 0.05) is 28.1 Å². The number of rotatable bonds is 3. The van der Waals surface area contributed by atoms with Gasteiger partial charge in [-0.2, -0.15) is 13.2 Å². The Morgan fingerprint density at radius 3 is 2.55 bits per heavy atom. The second-order valence-corrected chi connectivity index (χ2v) is 5.99. The SMILES string of the molecule is CC(C)Cn1cc(C(=O)C(F)(F)F)c2ccc(Br)cc21. The fourth-order valence-corrected chi connectivity index (χ4v) is 2.49. The second kappa shape index (κ2) is 5.24. The summed E-state index contributed by atoms with van der Waals surface area (Å²) in [6, 6.07) is 4.90. The fourth-order valence-electron chi connectivity index (χ4n) is 2.14. The lowest BCUT2D eigenvalue weighted by Gasteiger charge is -2.08. The molecule has 108 valence electrons. The van der Waals surface area contributed by atoms with Crippen molar-refractivity contribution in [1.82, 2.24) is 4.57 Å². The summed E-state index contributed by atoms with van der Waals surface area (Å²) in [6.07, 6.45) is -3.56. The van der Waals surface area contributed by atoms with E-state index in [1.54, 1.807) is 16.7 Å². The summed E-state index contributed by atoms with van der Waals surface area (Å²) in [5, 5.41) is 0.330. The molecule has 0 aliphatic carbocycles. The molecule has 1 aromatic heterocycles. The van der Waals surface area contributed by atoms with Gasteiger partial charge in [-0.05, 0) is 18.1 Å². The van der Waals surface area contributed by atoms with Crippen LogP contribution in [0.15, 0.2) is 28.9 Å². The predicted octanol–water partition coefficient (Wildman–Crippen LogP) is 4.80. The molecular formula is C14H13BrF3NO. The summed E-state index contributed by atoms with van der Waals surface area (Å²) in [5.41, 5.74) is 0.335. The van der Waals surface area contributed by atoms with E-state index in [4.69, 9.17) is 0 Å². The molecule has 2 nitrogen and oxygen atoms in total. The number of halogens is 4. The van der Waals surface area contributed by atoms with Crippen LogP contribution in [0.25, 0.3) is 10.9 Å². The molecule has 0 saturated carbocycles. The average Bonchev–Trinajstić information content (AvgIpc) is 2.64. The first-order valence-corrected chi connectivity index (χ1v) is 6.89. The Bertz CT molecular complexity index is 658. The van der Waals surface area contributed by atoms with Gasteiger partial charge in [0.05, 0.1) is 5.56 Å². The van der Waals surface area contributed by atoms with E-state index in [0.717, 1.165) is 4.47 Å². The number of hydrogen-bond acceptors (Lipinski definition) is 1. The van der Waals surface area contributed by atoms with Gasteiger partial charge in [-0.25, -0.2) is 0 Å². The number of Topliss-reactive ketones (excluding diaryl/α,β-unsaturated/α-hetero) is 1. The number of carbonyl (C=O) groups excluding carboxylic acids is 1. The van der Waals surface area contributed by atoms with Crippen molar-refractivity contribution in [2.45, 2.75) is 26.6 Å². The number of alkyl halides is 3. The van der Waals surface area contributed by atoms with Crippen LogP contribution in [0, 0.1) is 5.92 Å². The van der Waals surface area contributed by atoms with E-state index >= 15 is 0 Å². The van der Waals surface area contributed by atoms with Crippen LogP contribution in [-0.4, -0.2) is 16.5 Å². The summed E-state index contributed by atoms with van der Waals surface area (Å²) < 4.78 is 40.4. The van der Waals surface area contributed by atoms with Gasteiger partial charge in [0.2, 0.25) is 0 Å². The maximum atomic E-state index is 12.6. The van der Waals surface area contributed by atoms with Crippen LogP contribution in [0.4, 0.5) is 13.2 Å². The Balaban J connectivity index is 2.64. The van der Waals surface area contributed by atoms with Crippen molar-refractivity contribution in [3.05, 3.63) is 34.4 Å². The normalized spacial score (nSPS) is 12.3. The Morgan fingerprint density at radius 2 is 2.00 bits per heavy atom. The lowest BCUT2D eigenvalue weighted by Crippen LogP contribution is -2.22. The Hall–Kier alpha value is -1.30. The first-order chi connectivity index (χ1) is 9.20. The van der Waals surface area contributed by atoms with Gasteiger partial charge in [0.25, 0.3) is 5.78 Å². The van der Waals surface area contributed by atoms with Crippen molar-refractivity contribution in [2.75, 3.05) is 0 Å². The molecule has 0 atom stereocenters. The molecule has 0 aliphatic rings. The predicted molar refractivity (Wildman–Crippen MR) is 74.9 cm³/mol. The van der Waals surface area contributed by atoms with Crippen LogP contribution in [0.3, 0.4) is 0 Å². The van der Waals surface area contributed by atoms with E-state index in [9.17, 15) is 18.0 Å². The summed E-state index contributed by atoms with van der Waals surface area (Å²) >= 11 is 3.30. The topological polar surface area (TPSA) is 22.0 Å². The second-order valence-electron chi connectivity index (χ2n) is 5.08. The molecule has 0 fully saturated rings. The van der Waals surface area contributed by atoms with Gasteiger partial charge in [0.1, 0.15) is 0 Å². The molecule has 2 aromatic rings. The lowest BCUT2D eigenvalue weighted by atomic mass is 10.1. The summed E-state index contributed by atoms with van der Waals surface area (Å²) in [5.74, 6) is -1.54. The minimum Gasteiger partial charge on any atom is -0.346 e. The van der Waals surface area contributed by atoms with Gasteiger partial charge < -0.3 is 4.57 Å². The van der Waals surface area contributed by atoms with Crippen molar-refractivity contribution >= 4 is 32.6 Å². The Morgan fingerprint density at radius 1 is 1.35 bits per heavy atom. The molecule has 0 bridgehead atoms. The molecule has 20 heavy (non-hydrogen) atoms. The largest absolute Gasteiger partial charge is 0.454 e. The van der Waals surface area contributed by atoms with Gasteiger partial charge >= 0.3 is 6.18 Å². The third-order valence-corrected chi connectivity index (χ3v) is 3.40. The van der Waals surface area contributed by atoms with Gasteiger partial charge in [-0.1, -0.05) is 35.8 Å². The van der Waals surface area contributed by atoms with E-state index in [-0.39, 0.29) is 11.5 Å². The molecule has 1 heterocycles. The smallest absolute Gasteiger partial charge is 0.346 e. The number of nitrogens with zero attached hydrogens (tertiary/aromatic N) is 1. The Labute approximate surface area is 122 Å². The quantitative estimate of drug-likeness (QED) is 0.730. The number of benzene rings is 1. The fraction of sp³-hybridized carbons (Fsp3) is 0.357. The monoisotopic (exact) mass is 347 g/mol. The van der Waals surface area contributed by atoms with Crippen molar-refractivity contribution in [3.8, 4) is 0 Å². The number of ketones is 1. The number of aromatic nitrogens is 1. The number of fused-ring (bicyclic) bond motifs is 1. The van der Waals surface area contributed by atoms with E-state index in [1.165, 1.54) is 12.3 Å². The highest BCUT2D eigenvalue weighted by Crippen LogP contribution is 2.30. The first kappa shape index (κ1) is 15.1. The van der Waals surface area contributed by atoms with Crippen LogP contribution in [0.2, 0.25) is 0 Å². The number of carbonyl (C=O) groups is 1. The maximum Gasteiger partial charge on any atom is 0.454 e. The molecule has 6 heteroatoms. The van der Waals surface area contributed by atoms with Gasteiger partial charge in [-0.3, -0.25) is 4.79 Å². The lowest BCUT2D eigenvalue weighted by molar-refractivity contribution is -0.0884. The molecule has 1 aromatic carbocycles. The standard InChI is InChI=1S/C14H13BrF3NO/c1-8(2)6-19-7-11(13(20)14(16,17)18)10-4-3-9(15)5-12(10)19/h3-5,7-8H,6H2,1-2H3. The van der Waals surface area contributed by atoms with E-state index in [0.29, 0.717) is 17.4 Å². The maximum absolute atomic E-state index is 12.6. The third kappa shape index (κ3) is 2.90. The van der Waals surface area contributed by atoms with Crippen molar-refractivity contribution in [1.29, 1.82) is 0 Å². The Kier molecular flexibility index (Phi) is 3.95. The van der Waals surface area contributed by atoms with Gasteiger partial charge in [0.15, 0.2) is 0 Å². The third-order valence-electron chi connectivity index (χ3n) is 2.91. The van der Waals surface area contributed by atoms with Crippen molar-refractivity contribution in [3.63, 3.8) is 0 Å². The summed E-state index contributed by atoms with van der Waals surface area (Å²) in [6.45, 7) is 4.49. The van der Waals surface area contributed by atoms with Gasteiger partial charge in [-0.15, -0.1) is 0 Å². The van der Waals surface area contributed by atoms with Crippen LogP contribution in [0.1, 0.15) is 24.2 Å². The molecule has 0 spiro atoms. The highest BCUT2D eigenvalue weighted by Gasteiger charge is 2.40. The molecule has 0 amide bonds. The van der Waals surface area contributed by atoms with Crippen molar-refractivity contribution < 1.29 is 18.0 Å². The van der Waals surface area contributed by atoms with Crippen LogP contribution < -0.4 is 0 Å². The molecule has 0 N–H and O–H groups in total. The van der Waals surface area contributed by atoms with Crippen molar-refractivity contribution in [2.24, 2.45) is 5.92 Å². The van der Waals surface area contributed by atoms with E-state index in [2.05, 4.69) is 15.9 Å². The van der Waals surface area contributed by atoms with Crippen LogP contribution >= 0.6 is 15.9 Å². The van der Waals surface area contributed by atoms with E-state index < -0.39 is 12.0 Å². The highest BCUT2D eigenvalue weighted by molar-refractivity contribution is 9.10. The minimum atomic E-state index is -4.86. The van der Waals surface area contributed by atoms with E-state index in [1.807, 2.05) is 13.8 Å². The molecule has 0 radical (unpaired) electrons. The van der Waals surface area contributed by atoms with Crippen LogP contribution in [-0.2, 0) is 6.54 Å². The zero-order chi connectivity index (χ0) is 15.1. The zero-order valence-electron chi connectivity index (χ0n) is 11.0. The molecule has 0 saturated heterocycles. The zero-order valence-corrected chi connectivity index (χ0v) is 12.5. The average molecular weight is 348 g/mol.